The van der Waals surface area contributed by atoms with E-state index in [4.69, 9.17) is 11.6 Å². The number of hydrogen-bond acceptors (Lipinski definition) is 2. The maximum absolute atomic E-state index is 6.05. The Morgan fingerprint density at radius 1 is 1.32 bits per heavy atom. The number of halogens is 1. The third kappa shape index (κ3) is 3.13. The maximum atomic E-state index is 6.05. The Morgan fingerprint density at radius 3 is 2.79 bits per heavy atom. The van der Waals surface area contributed by atoms with Crippen molar-refractivity contribution in [3.63, 3.8) is 0 Å². The maximum Gasteiger partial charge on any atom is 0.0408 e. The number of rotatable bonds is 5. The Bertz CT molecular complexity index is 456. The topological polar surface area (TPSA) is 15.3 Å². The van der Waals surface area contributed by atoms with E-state index >= 15 is 0 Å². The second kappa shape index (κ2) is 5.43. The first-order valence-corrected chi connectivity index (χ1v) is 7.74. The van der Waals surface area contributed by atoms with Crippen LogP contribution in [0.15, 0.2) is 18.2 Å². The third-order valence-electron chi connectivity index (χ3n) is 4.62. The van der Waals surface area contributed by atoms with E-state index in [9.17, 15) is 0 Å². The molecule has 1 fully saturated rings. The first kappa shape index (κ1) is 13.4. The summed E-state index contributed by atoms with van der Waals surface area (Å²) in [6.45, 7) is 3.41. The van der Waals surface area contributed by atoms with E-state index in [0.717, 1.165) is 30.5 Å². The summed E-state index contributed by atoms with van der Waals surface area (Å²) in [5, 5.41) is 4.59. The van der Waals surface area contributed by atoms with E-state index in [1.165, 1.54) is 24.0 Å². The minimum atomic E-state index is 0.587. The van der Waals surface area contributed by atoms with Crippen molar-refractivity contribution in [3.8, 4) is 0 Å². The van der Waals surface area contributed by atoms with E-state index in [0.29, 0.717) is 12.1 Å². The summed E-state index contributed by atoms with van der Waals surface area (Å²) in [6, 6.07) is 8.36. The van der Waals surface area contributed by atoms with Gasteiger partial charge in [-0.2, -0.15) is 0 Å². The van der Waals surface area contributed by atoms with Gasteiger partial charge in [0.1, 0.15) is 0 Å². The van der Waals surface area contributed by atoms with Gasteiger partial charge in [0, 0.05) is 29.7 Å². The SMILES string of the molecule is CC(CNC1Cc2ccc(Cl)cc2C1)N(C)C1CC1. The van der Waals surface area contributed by atoms with Crippen LogP contribution >= 0.6 is 11.6 Å². The van der Waals surface area contributed by atoms with Gasteiger partial charge in [-0.25, -0.2) is 0 Å². The lowest BCUT2D eigenvalue weighted by Crippen LogP contribution is -2.43. The lowest BCUT2D eigenvalue weighted by Gasteiger charge is -2.26. The smallest absolute Gasteiger partial charge is 0.0408 e. The summed E-state index contributed by atoms with van der Waals surface area (Å²) in [5.41, 5.74) is 2.89. The van der Waals surface area contributed by atoms with Crippen LogP contribution in [0.1, 0.15) is 30.9 Å². The van der Waals surface area contributed by atoms with Crippen LogP contribution in [0.5, 0.6) is 0 Å². The molecule has 0 saturated heterocycles. The van der Waals surface area contributed by atoms with Gasteiger partial charge in [0.05, 0.1) is 0 Å². The normalized spacial score (nSPS) is 23.7. The molecule has 0 bridgehead atoms. The molecule has 0 spiro atoms. The number of benzene rings is 1. The molecule has 0 radical (unpaired) electrons. The fraction of sp³-hybridized carbons (Fsp3) is 0.625. The average molecular weight is 279 g/mol. The van der Waals surface area contributed by atoms with Gasteiger partial charge in [-0.05, 0) is 62.9 Å². The van der Waals surface area contributed by atoms with Crippen molar-refractivity contribution in [1.82, 2.24) is 10.2 Å². The van der Waals surface area contributed by atoms with Crippen LogP contribution in [0.2, 0.25) is 5.02 Å². The Morgan fingerprint density at radius 2 is 2.05 bits per heavy atom. The molecule has 19 heavy (non-hydrogen) atoms. The molecule has 2 unspecified atom stereocenters. The highest BCUT2D eigenvalue weighted by Crippen LogP contribution is 2.27. The Balaban J connectivity index is 1.50. The highest BCUT2D eigenvalue weighted by molar-refractivity contribution is 6.30. The van der Waals surface area contributed by atoms with E-state index in [2.05, 4.69) is 36.3 Å². The number of likely N-dealkylation sites (N-methyl/N-ethyl adjacent to an activating group) is 1. The Hall–Kier alpha value is -0.570. The van der Waals surface area contributed by atoms with Gasteiger partial charge < -0.3 is 5.32 Å². The third-order valence-corrected chi connectivity index (χ3v) is 4.86. The average Bonchev–Trinajstić information content (AvgIpc) is 3.16. The molecule has 0 amide bonds. The van der Waals surface area contributed by atoms with Crippen molar-refractivity contribution in [2.45, 2.75) is 50.7 Å². The van der Waals surface area contributed by atoms with Gasteiger partial charge in [0.15, 0.2) is 0 Å². The van der Waals surface area contributed by atoms with Gasteiger partial charge in [0.25, 0.3) is 0 Å². The molecule has 1 aromatic rings. The molecular formula is C16H23ClN2. The van der Waals surface area contributed by atoms with Crippen molar-refractivity contribution in [1.29, 1.82) is 0 Å². The number of hydrogen-bond donors (Lipinski definition) is 1. The summed E-state index contributed by atoms with van der Waals surface area (Å²) in [7, 11) is 2.26. The van der Waals surface area contributed by atoms with Gasteiger partial charge in [-0.15, -0.1) is 0 Å². The molecule has 2 aliphatic carbocycles. The minimum Gasteiger partial charge on any atom is -0.312 e. The molecule has 2 atom stereocenters. The standard InChI is InChI=1S/C16H23ClN2/c1-11(19(2)16-5-6-16)10-18-15-8-12-3-4-14(17)7-13(12)9-15/h3-4,7,11,15-16,18H,5-6,8-10H2,1-2H3. The molecule has 2 aliphatic rings. The van der Waals surface area contributed by atoms with Gasteiger partial charge in [-0.3, -0.25) is 4.90 Å². The van der Waals surface area contributed by atoms with Crippen LogP contribution in [-0.2, 0) is 12.8 Å². The van der Waals surface area contributed by atoms with Crippen molar-refractivity contribution < 1.29 is 0 Å². The van der Waals surface area contributed by atoms with Crippen LogP contribution in [0.3, 0.4) is 0 Å². The highest BCUT2D eigenvalue weighted by atomic mass is 35.5. The van der Waals surface area contributed by atoms with Crippen molar-refractivity contribution in [3.05, 3.63) is 34.3 Å². The fourth-order valence-corrected chi connectivity index (χ4v) is 3.25. The summed E-state index contributed by atoms with van der Waals surface area (Å²) < 4.78 is 0. The summed E-state index contributed by atoms with van der Waals surface area (Å²) in [6.07, 6.45) is 5.03. The zero-order valence-electron chi connectivity index (χ0n) is 11.8. The van der Waals surface area contributed by atoms with Crippen molar-refractivity contribution >= 4 is 11.6 Å². The molecule has 0 heterocycles. The van der Waals surface area contributed by atoms with Crippen LogP contribution in [0.25, 0.3) is 0 Å². The predicted octanol–water partition coefficient (Wildman–Crippen LogP) is 2.88. The number of fused-ring (bicyclic) bond motifs is 1. The molecule has 1 N–H and O–H groups in total. The van der Waals surface area contributed by atoms with E-state index in [-0.39, 0.29) is 0 Å². The van der Waals surface area contributed by atoms with Crippen molar-refractivity contribution in [2.75, 3.05) is 13.6 Å². The van der Waals surface area contributed by atoms with E-state index in [1.54, 1.807) is 0 Å². The van der Waals surface area contributed by atoms with Crippen molar-refractivity contribution in [2.24, 2.45) is 0 Å². The van der Waals surface area contributed by atoms with Gasteiger partial charge in [-0.1, -0.05) is 17.7 Å². The van der Waals surface area contributed by atoms with E-state index < -0.39 is 0 Å². The zero-order valence-corrected chi connectivity index (χ0v) is 12.6. The summed E-state index contributed by atoms with van der Waals surface area (Å²) >= 11 is 6.05. The second-order valence-electron chi connectivity index (χ2n) is 6.17. The highest BCUT2D eigenvalue weighted by Gasteiger charge is 2.29. The second-order valence-corrected chi connectivity index (χ2v) is 6.61. The van der Waals surface area contributed by atoms with Gasteiger partial charge in [0.2, 0.25) is 0 Å². The largest absolute Gasteiger partial charge is 0.312 e. The quantitative estimate of drug-likeness (QED) is 0.891. The Labute approximate surface area is 121 Å². The monoisotopic (exact) mass is 278 g/mol. The fourth-order valence-electron chi connectivity index (χ4n) is 3.05. The molecular weight excluding hydrogens is 256 g/mol. The van der Waals surface area contributed by atoms with Crippen LogP contribution < -0.4 is 5.32 Å². The molecule has 0 aromatic heterocycles. The van der Waals surface area contributed by atoms with E-state index in [1.807, 2.05) is 6.07 Å². The summed E-state index contributed by atoms with van der Waals surface area (Å²) in [4.78, 5) is 2.52. The Kier molecular flexibility index (Phi) is 3.84. The van der Waals surface area contributed by atoms with Crippen LogP contribution in [0.4, 0.5) is 0 Å². The first-order valence-electron chi connectivity index (χ1n) is 7.36. The minimum absolute atomic E-state index is 0.587. The molecule has 1 aromatic carbocycles. The molecule has 3 heteroatoms. The number of nitrogens with one attached hydrogen (secondary N) is 1. The molecule has 0 aliphatic heterocycles. The molecule has 1 saturated carbocycles. The molecule has 3 rings (SSSR count). The zero-order chi connectivity index (χ0) is 13.4. The lowest BCUT2D eigenvalue weighted by molar-refractivity contribution is 0.236. The lowest BCUT2D eigenvalue weighted by atomic mass is 10.1. The number of nitrogens with zero attached hydrogens (tertiary/aromatic N) is 1. The summed E-state index contributed by atoms with van der Waals surface area (Å²) in [5.74, 6) is 0. The first-order chi connectivity index (χ1) is 9.13. The molecule has 2 nitrogen and oxygen atoms in total. The van der Waals surface area contributed by atoms with Crippen LogP contribution in [-0.4, -0.2) is 36.6 Å². The van der Waals surface area contributed by atoms with Gasteiger partial charge >= 0.3 is 0 Å². The van der Waals surface area contributed by atoms with Crippen LogP contribution in [0, 0.1) is 0 Å². The predicted molar refractivity (Wildman–Crippen MR) is 80.9 cm³/mol. The molecule has 104 valence electrons.